The normalized spacial score (nSPS) is 24.5. The van der Waals surface area contributed by atoms with E-state index in [9.17, 15) is 13.5 Å². The third-order valence-corrected chi connectivity index (χ3v) is 4.33. The molecule has 1 heterocycles. The van der Waals surface area contributed by atoms with Crippen LogP contribution < -0.4 is 15.8 Å². The number of aliphatic hydroxyl groups is 1. The fourth-order valence-electron chi connectivity index (χ4n) is 2.48. The Morgan fingerprint density at radius 2 is 2.11 bits per heavy atom. The Bertz CT molecular complexity index is 584. The highest BCUT2D eigenvalue weighted by Crippen LogP contribution is 2.33. The van der Waals surface area contributed by atoms with Crippen molar-refractivity contribution in [3.05, 3.63) is 18.2 Å². The summed E-state index contributed by atoms with van der Waals surface area (Å²) in [7, 11) is -3.84. The van der Waals surface area contributed by atoms with Gasteiger partial charge >= 0.3 is 0 Å². The molecule has 0 saturated carbocycles. The molecule has 0 aromatic heterocycles. The van der Waals surface area contributed by atoms with Crippen molar-refractivity contribution in [2.45, 2.75) is 30.3 Å². The van der Waals surface area contributed by atoms with Crippen LogP contribution in [0.15, 0.2) is 23.1 Å². The van der Waals surface area contributed by atoms with Crippen molar-refractivity contribution in [2.75, 3.05) is 23.7 Å². The molecule has 1 aromatic carbocycles. The quantitative estimate of drug-likeness (QED) is 0.676. The van der Waals surface area contributed by atoms with Crippen molar-refractivity contribution in [2.24, 2.45) is 5.14 Å². The van der Waals surface area contributed by atoms with Crippen molar-refractivity contribution in [1.29, 1.82) is 0 Å². The first-order chi connectivity index (χ1) is 8.71. The topological polar surface area (TPSA) is 110 Å². The van der Waals surface area contributed by atoms with Crippen LogP contribution in [-0.2, 0) is 10.0 Å². The van der Waals surface area contributed by atoms with Gasteiger partial charge in [0.1, 0.15) is 4.90 Å². The van der Waals surface area contributed by atoms with Gasteiger partial charge in [-0.25, -0.2) is 13.6 Å². The van der Waals surface area contributed by atoms with Gasteiger partial charge in [0.2, 0.25) is 10.0 Å². The highest BCUT2D eigenvalue weighted by atomic mass is 32.2. The number of benzene rings is 1. The smallest absolute Gasteiger partial charge is 0.240 e. The molecule has 0 spiro atoms. The molecule has 1 aromatic rings. The zero-order chi connectivity index (χ0) is 14.3. The Labute approximate surface area is 113 Å². The van der Waals surface area contributed by atoms with Crippen molar-refractivity contribution in [3.63, 3.8) is 0 Å². The second-order valence-electron chi connectivity index (χ2n) is 5.26. The van der Waals surface area contributed by atoms with Gasteiger partial charge in [0.15, 0.2) is 0 Å². The minimum absolute atomic E-state index is 0.0739. The van der Waals surface area contributed by atoms with Crippen LogP contribution in [0.3, 0.4) is 0 Å². The average molecular weight is 285 g/mol. The lowest BCUT2D eigenvalue weighted by Crippen LogP contribution is -2.46. The van der Waals surface area contributed by atoms with Gasteiger partial charge in [-0.1, -0.05) is 6.07 Å². The van der Waals surface area contributed by atoms with Gasteiger partial charge in [-0.05, 0) is 31.9 Å². The zero-order valence-corrected chi connectivity index (χ0v) is 11.7. The molecule has 1 saturated heterocycles. The minimum Gasteiger partial charge on any atom is -0.396 e. The van der Waals surface area contributed by atoms with Gasteiger partial charge < -0.3 is 15.7 Å². The van der Waals surface area contributed by atoms with Gasteiger partial charge in [0, 0.05) is 13.1 Å². The molecule has 19 heavy (non-hydrogen) atoms. The lowest BCUT2D eigenvalue weighted by Gasteiger charge is -2.38. The molecule has 7 heteroatoms. The molecule has 5 N–H and O–H groups in total. The van der Waals surface area contributed by atoms with E-state index in [2.05, 4.69) is 0 Å². The first-order valence-corrected chi connectivity index (χ1v) is 7.64. The summed E-state index contributed by atoms with van der Waals surface area (Å²) in [6.45, 7) is 2.92. The maximum Gasteiger partial charge on any atom is 0.240 e. The number of hydrogen-bond acceptors (Lipinski definition) is 5. The van der Waals surface area contributed by atoms with E-state index in [0.29, 0.717) is 12.2 Å². The van der Waals surface area contributed by atoms with Crippen LogP contribution in [0.4, 0.5) is 11.4 Å². The molecule has 1 fully saturated rings. The molecule has 1 aliphatic heterocycles. The minimum atomic E-state index is -3.84. The summed E-state index contributed by atoms with van der Waals surface area (Å²) >= 11 is 0. The van der Waals surface area contributed by atoms with E-state index in [1.807, 2.05) is 4.90 Å². The van der Waals surface area contributed by atoms with Crippen LogP contribution in [0.2, 0.25) is 0 Å². The van der Waals surface area contributed by atoms with Gasteiger partial charge in [0.05, 0.1) is 17.0 Å². The van der Waals surface area contributed by atoms with E-state index in [1.165, 1.54) is 6.07 Å². The predicted molar refractivity (Wildman–Crippen MR) is 74.3 cm³/mol. The summed E-state index contributed by atoms with van der Waals surface area (Å²) in [6, 6.07) is 4.73. The Morgan fingerprint density at radius 3 is 2.68 bits per heavy atom. The first kappa shape index (κ1) is 14.1. The highest BCUT2D eigenvalue weighted by molar-refractivity contribution is 7.89. The Kier molecular flexibility index (Phi) is 3.46. The Hall–Kier alpha value is -1.31. The highest BCUT2D eigenvalue weighted by Gasteiger charge is 2.30. The monoisotopic (exact) mass is 285 g/mol. The largest absolute Gasteiger partial charge is 0.396 e. The number of nitrogen functional groups attached to an aromatic ring is 1. The van der Waals surface area contributed by atoms with Gasteiger partial charge in [-0.3, -0.25) is 0 Å². The van der Waals surface area contributed by atoms with E-state index in [1.54, 1.807) is 19.1 Å². The molecule has 0 aliphatic carbocycles. The molecule has 1 aliphatic rings. The van der Waals surface area contributed by atoms with E-state index < -0.39 is 15.6 Å². The van der Waals surface area contributed by atoms with Crippen molar-refractivity contribution < 1.29 is 13.5 Å². The third-order valence-electron chi connectivity index (χ3n) is 3.37. The average Bonchev–Trinajstić information content (AvgIpc) is 2.26. The van der Waals surface area contributed by atoms with Crippen LogP contribution >= 0.6 is 0 Å². The molecular formula is C12H19N3O3S. The number of sulfonamides is 1. The van der Waals surface area contributed by atoms with Crippen LogP contribution in [0.25, 0.3) is 0 Å². The molecule has 6 nitrogen and oxygen atoms in total. The summed E-state index contributed by atoms with van der Waals surface area (Å²) in [5, 5.41) is 15.2. The van der Waals surface area contributed by atoms with Crippen LogP contribution in [-0.4, -0.2) is 32.2 Å². The molecule has 1 unspecified atom stereocenters. The van der Waals surface area contributed by atoms with E-state index in [4.69, 9.17) is 10.9 Å². The molecular weight excluding hydrogens is 266 g/mol. The Morgan fingerprint density at radius 1 is 1.42 bits per heavy atom. The van der Waals surface area contributed by atoms with Gasteiger partial charge in [-0.2, -0.15) is 0 Å². The number of para-hydroxylation sites is 1. The standard InChI is InChI=1S/C12H19N3O3S/c1-12(16)6-3-7-15(8-12)9-4-2-5-10(11(9)13)19(14,17)18/h2,4-5,16H,3,6-8,13H2,1H3,(H2,14,17,18). The number of nitrogens with zero attached hydrogens (tertiary/aromatic N) is 1. The fraction of sp³-hybridized carbons (Fsp3) is 0.500. The molecule has 0 radical (unpaired) electrons. The van der Waals surface area contributed by atoms with Crippen LogP contribution in [0.1, 0.15) is 19.8 Å². The second kappa shape index (κ2) is 4.66. The Balaban J connectivity index is 2.41. The van der Waals surface area contributed by atoms with Gasteiger partial charge in [0.25, 0.3) is 0 Å². The number of nitrogens with two attached hydrogens (primary N) is 2. The van der Waals surface area contributed by atoms with E-state index >= 15 is 0 Å². The van der Waals surface area contributed by atoms with Crippen molar-refractivity contribution in [3.8, 4) is 0 Å². The molecule has 2 rings (SSSR count). The van der Waals surface area contributed by atoms with Crippen molar-refractivity contribution >= 4 is 21.4 Å². The number of rotatable bonds is 2. The SMILES string of the molecule is CC1(O)CCCN(c2cccc(S(N)(=O)=O)c2N)C1. The molecule has 0 bridgehead atoms. The lowest BCUT2D eigenvalue weighted by molar-refractivity contribution is 0.0449. The fourth-order valence-corrected chi connectivity index (χ4v) is 3.16. The predicted octanol–water partition coefficient (Wildman–Crippen LogP) is 0.267. The summed E-state index contributed by atoms with van der Waals surface area (Å²) in [6.07, 6.45) is 1.55. The number of anilines is 2. The van der Waals surface area contributed by atoms with E-state index in [0.717, 1.165) is 19.4 Å². The maximum absolute atomic E-state index is 11.4. The third kappa shape index (κ3) is 2.99. The van der Waals surface area contributed by atoms with Crippen LogP contribution in [0, 0.1) is 0 Å². The van der Waals surface area contributed by atoms with Crippen molar-refractivity contribution in [1.82, 2.24) is 0 Å². The summed E-state index contributed by atoms with van der Waals surface area (Å²) in [4.78, 5) is 1.82. The first-order valence-electron chi connectivity index (χ1n) is 6.09. The summed E-state index contributed by atoms with van der Waals surface area (Å²) in [5.74, 6) is 0. The van der Waals surface area contributed by atoms with E-state index in [-0.39, 0.29) is 10.6 Å². The number of hydrogen-bond donors (Lipinski definition) is 3. The maximum atomic E-state index is 11.4. The summed E-state index contributed by atoms with van der Waals surface area (Å²) in [5.41, 5.74) is 5.86. The zero-order valence-electron chi connectivity index (χ0n) is 10.8. The van der Waals surface area contributed by atoms with Crippen LogP contribution in [0.5, 0.6) is 0 Å². The molecule has 0 amide bonds. The number of β-amino-alcohol motifs (C(OH)–C–C–N with tert-alkyl or cyclic N) is 1. The molecule has 1 atom stereocenters. The molecule has 106 valence electrons. The summed E-state index contributed by atoms with van der Waals surface area (Å²) < 4.78 is 22.9. The lowest BCUT2D eigenvalue weighted by atomic mass is 9.94. The number of primary sulfonamides is 1. The van der Waals surface area contributed by atoms with Gasteiger partial charge in [-0.15, -0.1) is 0 Å². The second-order valence-corrected chi connectivity index (χ2v) is 6.79. The number of piperidine rings is 1.